The van der Waals surface area contributed by atoms with Crippen LogP contribution in [0.5, 0.6) is 11.5 Å². The van der Waals surface area contributed by atoms with E-state index in [-0.39, 0.29) is 10.9 Å². The van der Waals surface area contributed by atoms with Gasteiger partial charge in [-0.15, -0.1) is 0 Å². The Kier molecular flexibility index (Phi) is 4.02. The lowest BCUT2D eigenvalue weighted by Gasteiger charge is -2.28. The zero-order valence-electron chi connectivity index (χ0n) is 15.0. The summed E-state index contributed by atoms with van der Waals surface area (Å²) in [7, 11) is -3.70. The summed E-state index contributed by atoms with van der Waals surface area (Å²) in [4.78, 5) is 2.64. The molecule has 0 bridgehead atoms. The molecule has 3 aliphatic heterocycles. The van der Waals surface area contributed by atoms with Crippen molar-refractivity contribution in [2.45, 2.75) is 30.3 Å². The second-order valence-corrected chi connectivity index (χ2v) is 9.10. The molecule has 1 fully saturated rings. The van der Waals surface area contributed by atoms with E-state index in [2.05, 4.69) is 4.90 Å². The molecule has 0 unspecified atom stereocenters. The molecule has 0 aromatic heterocycles. The van der Waals surface area contributed by atoms with Crippen molar-refractivity contribution in [3.8, 4) is 11.5 Å². The molecule has 0 radical (unpaired) electrons. The van der Waals surface area contributed by atoms with E-state index in [0.717, 1.165) is 37.2 Å². The number of sulfonamides is 1. The fourth-order valence-corrected chi connectivity index (χ4v) is 5.80. The van der Waals surface area contributed by atoms with Crippen LogP contribution in [-0.4, -0.2) is 45.7 Å². The first-order chi connectivity index (χ1) is 13.1. The normalized spacial score (nSPS) is 22.1. The first kappa shape index (κ1) is 16.9. The van der Waals surface area contributed by atoms with E-state index in [1.165, 1.54) is 0 Å². The number of hydrogen-bond acceptors (Lipinski definition) is 5. The summed E-state index contributed by atoms with van der Waals surface area (Å²) < 4.78 is 39.9. The number of para-hydroxylation sites is 1. The lowest BCUT2D eigenvalue weighted by molar-refractivity contribution is 0.171. The van der Waals surface area contributed by atoms with Gasteiger partial charge in [-0.2, -0.15) is 0 Å². The number of fused-ring (bicyclic) bond motifs is 3. The van der Waals surface area contributed by atoms with Crippen molar-refractivity contribution >= 4 is 15.7 Å². The minimum absolute atomic E-state index is 0.244. The molecule has 0 amide bonds. The maximum Gasteiger partial charge on any atom is 0.264 e. The van der Waals surface area contributed by atoms with Gasteiger partial charge < -0.3 is 9.47 Å². The van der Waals surface area contributed by atoms with Crippen LogP contribution in [0.25, 0.3) is 0 Å². The van der Waals surface area contributed by atoms with Gasteiger partial charge in [0.25, 0.3) is 10.0 Å². The van der Waals surface area contributed by atoms with Crippen LogP contribution in [-0.2, 0) is 16.6 Å². The number of anilines is 1. The Morgan fingerprint density at radius 1 is 1.00 bits per heavy atom. The summed E-state index contributed by atoms with van der Waals surface area (Å²) in [6.07, 6.45) is 2.14. The maximum atomic E-state index is 13.6. The first-order valence-corrected chi connectivity index (χ1v) is 10.8. The highest BCUT2D eigenvalue weighted by molar-refractivity contribution is 7.92. The van der Waals surface area contributed by atoms with Crippen molar-refractivity contribution in [2.75, 3.05) is 30.6 Å². The van der Waals surface area contributed by atoms with Crippen molar-refractivity contribution in [3.63, 3.8) is 0 Å². The van der Waals surface area contributed by atoms with Crippen molar-refractivity contribution in [1.29, 1.82) is 0 Å². The SMILES string of the molecule is O=S(=O)(c1ccc2c(c1)OCCO2)N1C[C@@H]2CCCN2Cc2ccccc21. The van der Waals surface area contributed by atoms with Gasteiger partial charge in [-0.05, 0) is 43.1 Å². The van der Waals surface area contributed by atoms with Crippen LogP contribution in [0.2, 0.25) is 0 Å². The van der Waals surface area contributed by atoms with Crippen LogP contribution in [0.3, 0.4) is 0 Å². The van der Waals surface area contributed by atoms with Gasteiger partial charge in [0.1, 0.15) is 13.2 Å². The van der Waals surface area contributed by atoms with E-state index < -0.39 is 10.0 Å². The lowest BCUT2D eigenvalue weighted by Crippen LogP contribution is -2.40. The van der Waals surface area contributed by atoms with E-state index >= 15 is 0 Å². The van der Waals surface area contributed by atoms with Gasteiger partial charge in [-0.3, -0.25) is 9.21 Å². The van der Waals surface area contributed by atoms with Gasteiger partial charge >= 0.3 is 0 Å². The summed E-state index contributed by atoms with van der Waals surface area (Å²) in [6, 6.07) is 13.0. The number of ether oxygens (including phenoxy) is 2. The Bertz CT molecular complexity index is 976. The second-order valence-electron chi connectivity index (χ2n) is 7.24. The Labute approximate surface area is 159 Å². The molecule has 27 heavy (non-hydrogen) atoms. The molecule has 5 rings (SSSR count). The molecule has 0 aliphatic carbocycles. The minimum Gasteiger partial charge on any atom is -0.486 e. The zero-order valence-corrected chi connectivity index (χ0v) is 15.8. The Morgan fingerprint density at radius 2 is 1.81 bits per heavy atom. The maximum absolute atomic E-state index is 13.6. The highest BCUT2D eigenvalue weighted by Gasteiger charge is 2.36. The standard InChI is InChI=1S/C20H22N2O4S/c23-27(24,17-7-8-19-20(12-17)26-11-10-25-19)22-14-16-5-3-9-21(16)13-15-4-1-2-6-18(15)22/h1-2,4,6-8,12,16H,3,5,9-11,13-14H2/t16-/m0/s1. The molecule has 3 aliphatic rings. The summed E-state index contributed by atoms with van der Waals surface area (Å²) in [5.74, 6) is 1.09. The molecule has 6 nitrogen and oxygen atoms in total. The third kappa shape index (κ3) is 2.85. The smallest absolute Gasteiger partial charge is 0.264 e. The lowest BCUT2D eigenvalue weighted by atomic mass is 10.2. The van der Waals surface area contributed by atoms with E-state index in [9.17, 15) is 8.42 Å². The number of rotatable bonds is 2. The highest BCUT2D eigenvalue weighted by Crippen LogP contribution is 2.37. The molecule has 0 spiro atoms. The molecule has 2 aromatic rings. The minimum atomic E-state index is -3.70. The third-order valence-electron chi connectivity index (χ3n) is 5.61. The van der Waals surface area contributed by atoms with E-state index in [1.54, 1.807) is 22.5 Å². The number of nitrogens with zero attached hydrogens (tertiary/aromatic N) is 2. The number of benzene rings is 2. The molecule has 142 valence electrons. The summed E-state index contributed by atoms with van der Waals surface area (Å²) in [5, 5.41) is 0. The summed E-state index contributed by atoms with van der Waals surface area (Å²) in [5.41, 5.74) is 1.84. The average Bonchev–Trinajstić information content (AvgIpc) is 3.06. The molecule has 0 N–H and O–H groups in total. The summed E-state index contributed by atoms with van der Waals surface area (Å²) >= 11 is 0. The molecule has 7 heteroatoms. The van der Waals surface area contributed by atoms with E-state index in [0.29, 0.717) is 31.3 Å². The van der Waals surface area contributed by atoms with Crippen molar-refractivity contribution in [1.82, 2.24) is 4.90 Å². The van der Waals surface area contributed by atoms with Crippen LogP contribution in [0.1, 0.15) is 18.4 Å². The van der Waals surface area contributed by atoms with Gasteiger partial charge in [-0.25, -0.2) is 8.42 Å². The zero-order chi connectivity index (χ0) is 18.4. The molecule has 0 saturated carbocycles. The molecule has 1 atom stereocenters. The first-order valence-electron chi connectivity index (χ1n) is 9.37. The van der Waals surface area contributed by atoms with Gasteiger partial charge in [0.05, 0.1) is 10.6 Å². The van der Waals surface area contributed by atoms with Gasteiger partial charge in [0.2, 0.25) is 0 Å². The average molecular weight is 386 g/mol. The predicted octanol–water partition coefficient (Wildman–Crippen LogP) is 2.63. The Morgan fingerprint density at radius 3 is 2.70 bits per heavy atom. The highest BCUT2D eigenvalue weighted by atomic mass is 32.2. The second kappa shape index (κ2) is 6.42. The van der Waals surface area contributed by atoms with Crippen LogP contribution >= 0.6 is 0 Å². The van der Waals surface area contributed by atoms with Crippen LogP contribution < -0.4 is 13.8 Å². The quantitative estimate of drug-likeness (QED) is 0.794. The fourth-order valence-electron chi connectivity index (χ4n) is 4.25. The van der Waals surface area contributed by atoms with E-state index in [4.69, 9.17) is 9.47 Å². The van der Waals surface area contributed by atoms with Gasteiger partial charge in [0, 0.05) is 25.2 Å². The molecule has 3 heterocycles. The van der Waals surface area contributed by atoms with Crippen LogP contribution in [0.4, 0.5) is 5.69 Å². The fraction of sp³-hybridized carbons (Fsp3) is 0.400. The molecule has 2 aromatic carbocycles. The summed E-state index contributed by atoms with van der Waals surface area (Å²) in [6.45, 7) is 3.22. The van der Waals surface area contributed by atoms with Crippen LogP contribution in [0, 0.1) is 0 Å². The van der Waals surface area contributed by atoms with Crippen molar-refractivity contribution in [2.24, 2.45) is 0 Å². The third-order valence-corrected chi connectivity index (χ3v) is 7.39. The van der Waals surface area contributed by atoms with Crippen molar-refractivity contribution < 1.29 is 17.9 Å². The van der Waals surface area contributed by atoms with Crippen molar-refractivity contribution in [3.05, 3.63) is 48.0 Å². The predicted molar refractivity (Wildman–Crippen MR) is 102 cm³/mol. The number of hydrogen-bond donors (Lipinski definition) is 0. The molecular weight excluding hydrogens is 364 g/mol. The topological polar surface area (TPSA) is 59.1 Å². The van der Waals surface area contributed by atoms with Gasteiger partial charge in [-0.1, -0.05) is 18.2 Å². The van der Waals surface area contributed by atoms with Gasteiger partial charge in [0.15, 0.2) is 11.5 Å². The molecular formula is C20H22N2O4S. The Hall–Kier alpha value is -2.25. The van der Waals surface area contributed by atoms with Crippen LogP contribution in [0.15, 0.2) is 47.4 Å². The largest absolute Gasteiger partial charge is 0.486 e. The monoisotopic (exact) mass is 386 g/mol. The Balaban J connectivity index is 1.59. The molecule has 1 saturated heterocycles. The van der Waals surface area contributed by atoms with E-state index in [1.807, 2.05) is 24.3 Å².